The van der Waals surface area contributed by atoms with E-state index in [9.17, 15) is 13.2 Å². The second-order valence-electron chi connectivity index (χ2n) is 4.29. The first kappa shape index (κ1) is 16.8. The van der Waals surface area contributed by atoms with E-state index in [2.05, 4.69) is 13.8 Å². The number of benzene rings is 1. The molecule has 0 radical (unpaired) electrons. The molecule has 0 aliphatic rings. The molecule has 0 saturated carbocycles. The van der Waals surface area contributed by atoms with E-state index >= 15 is 0 Å². The van der Waals surface area contributed by atoms with Gasteiger partial charge in [-0.3, -0.25) is 4.79 Å². The van der Waals surface area contributed by atoms with E-state index in [-0.39, 0.29) is 22.9 Å². The summed E-state index contributed by atoms with van der Waals surface area (Å²) in [4.78, 5) is 11.0. The van der Waals surface area contributed by atoms with Gasteiger partial charge >= 0.3 is 0 Å². The van der Waals surface area contributed by atoms with Gasteiger partial charge in [-0.1, -0.05) is 38.0 Å². The maximum absolute atomic E-state index is 11.7. The van der Waals surface area contributed by atoms with Gasteiger partial charge in [-0.15, -0.1) is 0 Å². The van der Waals surface area contributed by atoms with Crippen LogP contribution < -0.4 is 0 Å². The van der Waals surface area contributed by atoms with Crippen molar-refractivity contribution in [3.05, 3.63) is 29.8 Å². The summed E-state index contributed by atoms with van der Waals surface area (Å²) >= 11 is 0. The summed E-state index contributed by atoms with van der Waals surface area (Å²) in [6, 6.07) is 6.65. The molecular weight excluding hydrogens is 248 g/mol. The van der Waals surface area contributed by atoms with Gasteiger partial charge in [0, 0.05) is 6.42 Å². The van der Waals surface area contributed by atoms with Gasteiger partial charge in [0.15, 0.2) is 9.84 Å². The summed E-state index contributed by atoms with van der Waals surface area (Å²) in [5.41, 5.74) is 1.01. The lowest BCUT2D eigenvalue weighted by Crippen LogP contribution is -2.09. The van der Waals surface area contributed by atoms with Gasteiger partial charge in [0.25, 0.3) is 0 Å². The number of hydrogen-bond acceptors (Lipinski definition) is 3. The monoisotopic (exact) mass is 270 g/mol. The Balaban J connectivity index is 0.000000873. The molecule has 0 aliphatic carbocycles. The average molecular weight is 270 g/mol. The molecule has 102 valence electrons. The summed E-state index contributed by atoms with van der Waals surface area (Å²) in [5, 5.41) is 0. The zero-order valence-electron chi connectivity index (χ0n) is 11.6. The molecule has 0 unspecified atom stereocenters. The molecular formula is C14H22O3S. The lowest BCUT2D eigenvalue weighted by atomic mass is 10.2. The second-order valence-corrected chi connectivity index (χ2v) is 6.40. The molecule has 1 aromatic rings. The number of ketones is 1. The molecule has 0 amide bonds. The maximum Gasteiger partial charge on any atom is 0.178 e. The molecule has 1 rings (SSSR count). The van der Waals surface area contributed by atoms with Crippen molar-refractivity contribution in [1.82, 2.24) is 0 Å². The number of aryl methyl sites for hydroxylation is 1. The lowest BCUT2D eigenvalue weighted by Gasteiger charge is -2.03. The summed E-state index contributed by atoms with van der Waals surface area (Å²) in [6.07, 6.45) is 1.33. The number of sulfone groups is 1. The van der Waals surface area contributed by atoms with Gasteiger partial charge in [-0.2, -0.15) is 0 Å². The highest BCUT2D eigenvalue weighted by molar-refractivity contribution is 7.91. The Morgan fingerprint density at radius 2 is 1.56 bits per heavy atom. The van der Waals surface area contributed by atoms with Crippen LogP contribution in [-0.4, -0.2) is 20.0 Å². The molecule has 0 bridgehead atoms. The number of rotatable bonds is 4. The zero-order chi connectivity index (χ0) is 14.2. The molecule has 4 heteroatoms. The van der Waals surface area contributed by atoms with Gasteiger partial charge in [-0.25, -0.2) is 8.42 Å². The maximum atomic E-state index is 11.7. The predicted molar refractivity (Wildman–Crippen MR) is 74.5 cm³/mol. The number of carbonyl (C=O) groups excluding carboxylic acids is 1. The van der Waals surface area contributed by atoms with E-state index in [0.29, 0.717) is 0 Å². The van der Waals surface area contributed by atoms with E-state index in [1.165, 1.54) is 13.3 Å². The third-order valence-electron chi connectivity index (χ3n) is 2.10. The molecule has 0 saturated heterocycles. The number of carbonyl (C=O) groups is 1. The van der Waals surface area contributed by atoms with Crippen molar-refractivity contribution in [3.63, 3.8) is 0 Å². The Hall–Kier alpha value is -1.16. The Morgan fingerprint density at radius 1 is 1.11 bits per heavy atom. The average Bonchev–Trinajstić information content (AvgIpc) is 2.28. The first-order valence-corrected chi connectivity index (χ1v) is 7.77. The zero-order valence-corrected chi connectivity index (χ0v) is 12.4. The van der Waals surface area contributed by atoms with Crippen LogP contribution in [0.15, 0.2) is 29.2 Å². The second kappa shape index (κ2) is 8.03. The summed E-state index contributed by atoms with van der Waals surface area (Å²) < 4.78 is 23.4. The van der Waals surface area contributed by atoms with Crippen LogP contribution in [0.2, 0.25) is 0 Å². The molecule has 0 heterocycles. The van der Waals surface area contributed by atoms with Crippen molar-refractivity contribution < 1.29 is 13.2 Å². The van der Waals surface area contributed by atoms with Crippen molar-refractivity contribution in [1.29, 1.82) is 0 Å². The minimum absolute atomic E-state index is 0.0796. The van der Waals surface area contributed by atoms with E-state index in [1.807, 2.05) is 6.92 Å². The summed E-state index contributed by atoms with van der Waals surface area (Å²) in [6.45, 7) is 7.54. The van der Waals surface area contributed by atoms with E-state index in [0.717, 1.165) is 5.56 Å². The molecule has 0 fully saturated rings. The molecule has 18 heavy (non-hydrogen) atoms. The quantitative estimate of drug-likeness (QED) is 0.844. The van der Waals surface area contributed by atoms with Crippen LogP contribution in [0.3, 0.4) is 0 Å². The van der Waals surface area contributed by atoms with Gasteiger partial charge in [-0.05, 0) is 26.0 Å². The van der Waals surface area contributed by atoms with E-state index < -0.39 is 9.84 Å². The van der Waals surface area contributed by atoms with Crippen molar-refractivity contribution in [2.75, 3.05) is 5.75 Å². The van der Waals surface area contributed by atoms with Crippen LogP contribution >= 0.6 is 0 Å². The van der Waals surface area contributed by atoms with Crippen LogP contribution in [-0.2, 0) is 14.6 Å². The van der Waals surface area contributed by atoms with E-state index in [1.54, 1.807) is 24.3 Å². The highest BCUT2D eigenvalue weighted by Crippen LogP contribution is 2.12. The summed E-state index contributed by atoms with van der Waals surface area (Å²) in [5.74, 6) is -0.212. The Bertz CT molecular complexity index is 458. The van der Waals surface area contributed by atoms with Crippen molar-refractivity contribution in [3.8, 4) is 0 Å². The normalized spacial score (nSPS) is 10.4. The Labute approximate surface area is 110 Å². The first-order valence-electron chi connectivity index (χ1n) is 6.12. The van der Waals surface area contributed by atoms with E-state index in [4.69, 9.17) is 0 Å². The molecule has 0 spiro atoms. The van der Waals surface area contributed by atoms with Gasteiger partial charge < -0.3 is 0 Å². The fourth-order valence-electron chi connectivity index (χ4n) is 1.14. The predicted octanol–water partition coefficient (Wildman–Crippen LogP) is 3.16. The smallest absolute Gasteiger partial charge is 0.178 e. The number of hydrogen-bond donors (Lipinski definition) is 0. The van der Waals surface area contributed by atoms with Crippen molar-refractivity contribution in [2.45, 2.75) is 45.4 Å². The topological polar surface area (TPSA) is 51.2 Å². The fourth-order valence-corrected chi connectivity index (χ4v) is 2.48. The largest absolute Gasteiger partial charge is 0.300 e. The molecule has 0 atom stereocenters. The molecule has 1 aromatic carbocycles. The highest BCUT2D eigenvalue weighted by Gasteiger charge is 2.14. The highest BCUT2D eigenvalue weighted by atomic mass is 32.2. The van der Waals surface area contributed by atoms with Crippen molar-refractivity contribution in [2.24, 2.45) is 0 Å². The van der Waals surface area contributed by atoms with Gasteiger partial charge in [0.05, 0.1) is 10.6 Å². The third-order valence-corrected chi connectivity index (χ3v) is 3.83. The van der Waals surface area contributed by atoms with Crippen LogP contribution in [0.1, 0.15) is 39.2 Å². The standard InChI is InChI=1S/C11H14O3S.C3H8/c1-9-3-5-11(6-4-9)15(13,14)8-7-10(2)12;1-3-2/h3-6H,7-8H2,1-2H3;3H2,1-2H3. The van der Waals surface area contributed by atoms with Gasteiger partial charge in [0.1, 0.15) is 5.78 Å². The van der Waals surface area contributed by atoms with Crippen LogP contribution in [0.25, 0.3) is 0 Å². The minimum atomic E-state index is -3.29. The fraction of sp³-hybridized carbons (Fsp3) is 0.500. The lowest BCUT2D eigenvalue weighted by molar-refractivity contribution is -0.116. The van der Waals surface area contributed by atoms with Crippen molar-refractivity contribution >= 4 is 15.6 Å². The first-order chi connectivity index (χ1) is 8.33. The Kier molecular flexibility index (Phi) is 7.51. The number of Topliss-reactive ketones (excluding diaryl/α,β-unsaturated/α-hetero) is 1. The molecule has 3 nitrogen and oxygen atoms in total. The van der Waals surface area contributed by atoms with Gasteiger partial charge in [0.2, 0.25) is 0 Å². The molecule has 0 aliphatic heterocycles. The van der Waals surface area contributed by atoms with Crippen LogP contribution in [0.4, 0.5) is 0 Å². The van der Waals surface area contributed by atoms with Crippen LogP contribution in [0, 0.1) is 6.92 Å². The van der Waals surface area contributed by atoms with Crippen LogP contribution in [0.5, 0.6) is 0 Å². The minimum Gasteiger partial charge on any atom is -0.300 e. The summed E-state index contributed by atoms with van der Waals surface area (Å²) in [7, 11) is -3.29. The third kappa shape index (κ3) is 6.55. The Morgan fingerprint density at radius 3 is 1.94 bits per heavy atom. The SMILES string of the molecule is CC(=O)CCS(=O)(=O)c1ccc(C)cc1.CCC. The molecule has 0 N–H and O–H groups in total. The molecule has 0 aromatic heterocycles.